The first-order valence-electron chi connectivity index (χ1n) is 5.08. The first-order chi connectivity index (χ1) is 8.70. The molecule has 0 bridgehead atoms. The minimum Gasteiger partial charge on any atom is -0.308 e. The molecule has 1 amide bonds. The fourth-order valence-corrected chi connectivity index (χ4v) is 2.96. The fourth-order valence-electron chi connectivity index (χ4n) is 1.82. The van der Waals surface area contributed by atoms with Crippen molar-refractivity contribution < 1.29 is 21.5 Å². The molecule has 4 nitrogen and oxygen atoms in total. The second-order valence-electron chi connectivity index (χ2n) is 4.02. The number of benzene rings is 1. The Morgan fingerprint density at radius 2 is 2.05 bits per heavy atom. The highest BCUT2D eigenvalue weighted by molar-refractivity contribution is 9.10. The third-order valence-electron chi connectivity index (χ3n) is 2.77. The Morgan fingerprint density at radius 3 is 2.58 bits per heavy atom. The van der Waals surface area contributed by atoms with Crippen LogP contribution in [0.2, 0.25) is 5.02 Å². The largest absolute Gasteiger partial charge is 0.308 e. The van der Waals surface area contributed by atoms with Gasteiger partial charge in [0.05, 0.1) is 10.7 Å². The average Bonchev–Trinajstić information content (AvgIpc) is 2.65. The van der Waals surface area contributed by atoms with E-state index in [1.54, 1.807) is 0 Å². The number of rotatable bonds is 2. The van der Waals surface area contributed by atoms with Gasteiger partial charge in [-0.3, -0.25) is 4.79 Å². The summed E-state index contributed by atoms with van der Waals surface area (Å²) >= 11 is 8.81. The fraction of sp³-hybridized carbons (Fsp3) is 0.300. The molecule has 2 rings (SSSR count). The molecule has 1 unspecified atom stereocenters. The first kappa shape index (κ1) is 14.7. The molecule has 1 aliphatic rings. The van der Waals surface area contributed by atoms with Crippen LogP contribution in [0, 0.1) is 5.82 Å². The molecule has 0 radical (unpaired) electrons. The molecular formula is C10H7BrClF2NO3S. The molecule has 0 saturated carbocycles. The maximum absolute atomic E-state index is 13.8. The van der Waals surface area contributed by atoms with E-state index in [4.69, 9.17) is 11.6 Å². The topological polar surface area (TPSA) is 54.5 Å². The summed E-state index contributed by atoms with van der Waals surface area (Å²) in [5, 5.41) is -1.31. The van der Waals surface area contributed by atoms with Gasteiger partial charge in [-0.05, 0) is 28.1 Å². The molecule has 0 spiro atoms. The predicted octanol–water partition coefficient (Wildman–Crippen LogP) is 2.65. The summed E-state index contributed by atoms with van der Waals surface area (Å²) in [6, 6.07) is 2.24. The maximum atomic E-state index is 13.8. The zero-order chi connectivity index (χ0) is 14.4. The van der Waals surface area contributed by atoms with Gasteiger partial charge in [0.25, 0.3) is 0 Å². The summed E-state index contributed by atoms with van der Waals surface area (Å²) < 4.78 is 48.5. The predicted molar refractivity (Wildman–Crippen MR) is 69.9 cm³/mol. The summed E-state index contributed by atoms with van der Waals surface area (Å²) in [7, 11) is -4.83. The van der Waals surface area contributed by atoms with Crippen molar-refractivity contribution in [3.63, 3.8) is 0 Å². The highest BCUT2D eigenvalue weighted by atomic mass is 79.9. The van der Waals surface area contributed by atoms with E-state index in [0.717, 1.165) is 11.0 Å². The van der Waals surface area contributed by atoms with Gasteiger partial charge in [-0.2, -0.15) is 8.42 Å². The zero-order valence-electron chi connectivity index (χ0n) is 9.24. The first-order valence-corrected chi connectivity index (χ1v) is 7.70. The van der Waals surface area contributed by atoms with Crippen molar-refractivity contribution in [1.29, 1.82) is 0 Å². The van der Waals surface area contributed by atoms with Crippen molar-refractivity contribution in [1.82, 2.24) is 0 Å². The van der Waals surface area contributed by atoms with Gasteiger partial charge < -0.3 is 4.90 Å². The van der Waals surface area contributed by atoms with Crippen molar-refractivity contribution in [2.45, 2.75) is 11.7 Å². The molecule has 19 heavy (non-hydrogen) atoms. The second kappa shape index (κ2) is 4.99. The lowest BCUT2D eigenvalue weighted by Crippen LogP contribution is -2.27. The number of amides is 1. The van der Waals surface area contributed by atoms with E-state index < -0.39 is 40.2 Å². The Balaban J connectivity index is 2.39. The maximum Gasteiger partial charge on any atom is 0.307 e. The Hall–Kier alpha value is -0.730. The van der Waals surface area contributed by atoms with Gasteiger partial charge in [0.1, 0.15) is 11.1 Å². The number of carbonyl (C=O) groups excluding carboxylic acids is 1. The van der Waals surface area contributed by atoms with Gasteiger partial charge in [0.15, 0.2) is 0 Å². The second-order valence-corrected chi connectivity index (χ2v) is 6.90. The third kappa shape index (κ3) is 2.90. The van der Waals surface area contributed by atoms with Crippen molar-refractivity contribution in [2.24, 2.45) is 0 Å². The molecule has 1 aromatic carbocycles. The normalized spacial score (nSPS) is 20.1. The number of hydrogen-bond acceptors (Lipinski definition) is 3. The van der Waals surface area contributed by atoms with Crippen LogP contribution < -0.4 is 4.90 Å². The van der Waals surface area contributed by atoms with Crippen molar-refractivity contribution in [3.05, 3.63) is 27.4 Å². The van der Waals surface area contributed by atoms with Crippen LogP contribution in [0.15, 0.2) is 16.6 Å². The molecule has 0 N–H and O–H groups in total. The zero-order valence-corrected chi connectivity index (χ0v) is 12.4. The molecule has 1 saturated heterocycles. The Labute approximate surface area is 121 Å². The van der Waals surface area contributed by atoms with E-state index in [-0.39, 0.29) is 10.7 Å². The summed E-state index contributed by atoms with van der Waals surface area (Å²) in [4.78, 5) is 12.5. The molecule has 1 aliphatic heterocycles. The van der Waals surface area contributed by atoms with Crippen LogP contribution in [-0.2, 0) is 15.0 Å². The molecule has 9 heteroatoms. The van der Waals surface area contributed by atoms with E-state index in [2.05, 4.69) is 15.9 Å². The highest BCUT2D eigenvalue weighted by Crippen LogP contribution is 2.33. The molecule has 1 atom stereocenters. The van der Waals surface area contributed by atoms with E-state index >= 15 is 0 Å². The van der Waals surface area contributed by atoms with Crippen molar-refractivity contribution in [2.75, 3.05) is 11.4 Å². The van der Waals surface area contributed by atoms with Gasteiger partial charge in [0, 0.05) is 17.4 Å². The smallest absolute Gasteiger partial charge is 0.307 e. The number of nitrogens with zero attached hydrogens (tertiary/aromatic N) is 1. The number of carbonyl (C=O) groups is 1. The van der Waals surface area contributed by atoms with Crippen LogP contribution in [-0.4, -0.2) is 26.1 Å². The molecule has 104 valence electrons. The van der Waals surface area contributed by atoms with Gasteiger partial charge in [0.2, 0.25) is 5.91 Å². The molecule has 0 aromatic heterocycles. The lowest BCUT2D eigenvalue weighted by molar-refractivity contribution is -0.117. The standard InChI is InChI=1S/C10H7BrClF2NO3S/c11-6-2-8(13)9(3-7(6)12)15-4-5(1-10(15)16)19(14,17)18/h2-3,5H,1,4H2. The van der Waals surface area contributed by atoms with E-state index in [0.29, 0.717) is 4.47 Å². The summed E-state index contributed by atoms with van der Waals surface area (Å²) in [5.74, 6) is -1.41. The van der Waals surface area contributed by atoms with Crippen LogP contribution in [0.25, 0.3) is 0 Å². The van der Waals surface area contributed by atoms with Crippen LogP contribution in [0.4, 0.5) is 14.0 Å². The monoisotopic (exact) mass is 373 g/mol. The molecular weight excluding hydrogens is 368 g/mol. The lowest BCUT2D eigenvalue weighted by atomic mass is 10.3. The molecule has 1 heterocycles. The summed E-state index contributed by atoms with van der Waals surface area (Å²) in [6.45, 7) is -0.424. The Kier molecular flexibility index (Phi) is 3.85. The Bertz CT molecular complexity index is 652. The SMILES string of the molecule is O=C1CC(S(=O)(=O)F)CN1c1cc(Cl)c(Br)cc1F. The van der Waals surface area contributed by atoms with E-state index in [9.17, 15) is 21.5 Å². The van der Waals surface area contributed by atoms with Crippen LogP contribution in [0.1, 0.15) is 6.42 Å². The minimum absolute atomic E-state index is 0.163. The van der Waals surface area contributed by atoms with Gasteiger partial charge in [-0.1, -0.05) is 11.6 Å². The molecule has 1 fully saturated rings. The lowest BCUT2D eigenvalue weighted by Gasteiger charge is -2.17. The summed E-state index contributed by atoms with van der Waals surface area (Å²) in [5.41, 5.74) is -0.163. The van der Waals surface area contributed by atoms with Crippen LogP contribution in [0.3, 0.4) is 0 Å². The van der Waals surface area contributed by atoms with E-state index in [1.165, 1.54) is 6.07 Å². The van der Waals surface area contributed by atoms with Crippen molar-refractivity contribution in [3.8, 4) is 0 Å². The third-order valence-corrected chi connectivity index (χ3v) is 5.08. The van der Waals surface area contributed by atoms with E-state index in [1.807, 2.05) is 0 Å². The van der Waals surface area contributed by atoms with Gasteiger partial charge >= 0.3 is 10.2 Å². The Morgan fingerprint density at radius 1 is 1.42 bits per heavy atom. The average molecular weight is 375 g/mol. The number of anilines is 1. The van der Waals surface area contributed by atoms with Gasteiger partial charge in [-0.25, -0.2) is 4.39 Å². The van der Waals surface area contributed by atoms with Crippen LogP contribution in [0.5, 0.6) is 0 Å². The quantitative estimate of drug-likeness (QED) is 0.591. The van der Waals surface area contributed by atoms with Gasteiger partial charge in [-0.15, -0.1) is 3.89 Å². The minimum atomic E-state index is -4.83. The number of halogens is 4. The highest BCUT2D eigenvalue weighted by Gasteiger charge is 2.40. The van der Waals surface area contributed by atoms with Crippen LogP contribution >= 0.6 is 27.5 Å². The number of hydrogen-bond donors (Lipinski definition) is 0. The molecule has 0 aliphatic carbocycles. The summed E-state index contributed by atoms with van der Waals surface area (Å²) in [6.07, 6.45) is -0.508. The molecule has 1 aromatic rings. The van der Waals surface area contributed by atoms with Crippen molar-refractivity contribution >= 4 is 49.3 Å².